The average Bonchev–Trinajstić information content (AvgIpc) is 2.08. The van der Waals surface area contributed by atoms with Gasteiger partial charge in [-0.05, 0) is 43.5 Å². The van der Waals surface area contributed by atoms with Gasteiger partial charge in [-0.1, -0.05) is 0 Å². The average molecular weight is 168 g/mol. The van der Waals surface area contributed by atoms with Gasteiger partial charge in [0.15, 0.2) is 11.6 Å². The number of hydrogen-bond donors (Lipinski definition) is 0. The summed E-state index contributed by atoms with van der Waals surface area (Å²) in [5.41, 5.74) is 2.73. The molecule has 2 heteroatoms. The van der Waals surface area contributed by atoms with Gasteiger partial charge in [-0.15, -0.1) is 0 Å². The predicted octanol–water partition coefficient (Wildman–Crippen LogP) is 2.76. The van der Waals surface area contributed by atoms with Crippen molar-refractivity contribution in [1.82, 2.24) is 0 Å². The van der Waals surface area contributed by atoms with Gasteiger partial charge in [-0.3, -0.25) is 0 Å². The number of ether oxygens (including phenoxy) is 1. The molecule has 0 fully saturated rings. The number of benzene rings is 1. The third-order valence-electron chi connectivity index (χ3n) is 2.27. The molecular weight excluding hydrogens is 155 g/mol. The van der Waals surface area contributed by atoms with Crippen LogP contribution in [0.25, 0.3) is 0 Å². The first kappa shape index (κ1) is 9.04. The topological polar surface area (TPSA) is 9.23 Å². The van der Waals surface area contributed by atoms with Crippen LogP contribution in [-0.2, 0) is 0 Å². The molecule has 0 atom stereocenters. The van der Waals surface area contributed by atoms with Gasteiger partial charge in [0.05, 0.1) is 7.11 Å². The molecule has 0 unspecified atom stereocenters. The van der Waals surface area contributed by atoms with E-state index in [4.69, 9.17) is 4.74 Å². The Bertz CT molecular complexity index is 305. The molecule has 0 spiro atoms. The summed E-state index contributed by atoms with van der Waals surface area (Å²) < 4.78 is 18.2. The Morgan fingerprint density at radius 3 is 2.25 bits per heavy atom. The smallest absolute Gasteiger partial charge is 0.168 e. The number of hydrogen-bond acceptors (Lipinski definition) is 1. The Kier molecular flexibility index (Phi) is 2.36. The Morgan fingerprint density at radius 1 is 1.17 bits per heavy atom. The molecule has 0 aromatic heterocycles. The second-order valence-electron chi connectivity index (χ2n) is 2.96. The van der Waals surface area contributed by atoms with Crippen molar-refractivity contribution in [2.75, 3.05) is 7.11 Å². The van der Waals surface area contributed by atoms with Crippen molar-refractivity contribution in [3.8, 4) is 5.75 Å². The van der Waals surface area contributed by atoms with Crippen LogP contribution in [-0.4, -0.2) is 7.11 Å². The van der Waals surface area contributed by atoms with Crippen LogP contribution in [0.4, 0.5) is 4.39 Å². The summed E-state index contributed by atoms with van der Waals surface area (Å²) in [6, 6.07) is 1.72. The minimum Gasteiger partial charge on any atom is -0.494 e. The Morgan fingerprint density at radius 2 is 1.75 bits per heavy atom. The molecule has 12 heavy (non-hydrogen) atoms. The number of halogens is 1. The summed E-state index contributed by atoms with van der Waals surface area (Å²) in [5.74, 6) is 0.0798. The Labute approximate surface area is 72.2 Å². The van der Waals surface area contributed by atoms with E-state index in [1.54, 1.807) is 13.0 Å². The maximum absolute atomic E-state index is 13.3. The maximum Gasteiger partial charge on any atom is 0.168 e. The first-order chi connectivity index (χ1) is 5.57. The highest BCUT2D eigenvalue weighted by molar-refractivity contribution is 5.41. The van der Waals surface area contributed by atoms with Crippen molar-refractivity contribution < 1.29 is 9.13 Å². The Hall–Kier alpha value is -1.05. The van der Waals surface area contributed by atoms with E-state index < -0.39 is 0 Å². The van der Waals surface area contributed by atoms with Crippen LogP contribution in [0.15, 0.2) is 6.07 Å². The molecule has 0 aliphatic carbocycles. The third kappa shape index (κ3) is 1.29. The second-order valence-corrected chi connectivity index (χ2v) is 2.96. The molecule has 1 aromatic rings. The summed E-state index contributed by atoms with van der Waals surface area (Å²) in [4.78, 5) is 0. The van der Waals surface area contributed by atoms with E-state index in [0.717, 1.165) is 11.1 Å². The van der Waals surface area contributed by atoms with E-state index in [-0.39, 0.29) is 5.82 Å². The molecule has 1 aromatic carbocycles. The quantitative estimate of drug-likeness (QED) is 0.626. The molecule has 0 aliphatic rings. The normalized spacial score (nSPS) is 10.1. The van der Waals surface area contributed by atoms with Gasteiger partial charge in [0.1, 0.15) is 0 Å². The molecule has 0 saturated heterocycles. The van der Waals surface area contributed by atoms with Crippen LogP contribution in [0.5, 0.6) is 5.75 Å². The third-order valence-corrected chi connectivity index (χ3v) is 2.27. The van der Waals surface area contributed by atoms with Crippen molar-refractivity contribution in [3.63, 3.8) is 0 Å². The molecule has 0 bridgehead atoms. The van der Waals surface area contributed by atoms with Crippen LogP contribution < -0.4 is 4.74 Å². The molecule has 66 valence electrons. The van der Waals surface area contributed by atoms with E-state index in [0.29, 0.717) is 11.3 Å². The molecule has 0 heterocycles. The van der Waals surface area contributed by atoms with Crippen LogP contribution in [0.3, 0.4) is 0 Å². The van der Waals surface area contributed by atoms with Crippen molar-refractivity contribution in [2.45, 2.75) is 20.8 Å². The van der Waals surface area contributed by atoms with E-state index >= 15 is 0 Å². The van der Waals surface area contributed by atoms with Crippen molar-refractivity contribution in [3.05, 3.63) is 28.6 Å². The first-order valence-electron chi connectivity index (χ1n) is 3.88. The van der Waals surface area contributed by atoms with Gasteiger partial charge in [0.25, 0.3) is 0 Å². The van der Waals surface area contributed by atoms with Gasteiger partial charge in [0.2, 0.25) is 0 Å². The van der Waals surface area contributed by atoms with Gasteiger partial charge < -0.3 is 4.74 Å². The maximum atomic E-state index is 13.3. The van der Waals surface area contributed by atoms with E-state index in [9.17, 15) is 4.39 Å². The zero-order chi connectivity index (χ0) is 9.30. The van der Waals surface area contributed by atoms with E-state index in [2.05, 4.69) is 0 Å². The lowest BCUT2D eigenvalue weighted by Gasteiger charge is -2.09. The molecule has 0 amide bonds. The SMILES string of the molecule is COc1cc(C)c(C)c(C)c1F. The highest BCUT2D eigenvalue weighted by Crippen LogP contribution is 2.25. The lowest BCUT2D eigenvalue weighted by atomic mass is 10.0. The van der Waals surface area contributed by atoms with E-state index in [1.807, 2.05) is 13.8 Å². The van der Waals surface area contributed by atoms with Crippen LogP contribution in [0.2, 0.25) is 0 Å². The summed E-state index contributed by atoms with van der Waals surface area (Å²) in [5, 5.41) is 0. The van der Waals surface area contributed by atoms with E-state index in [1.165, 1.54) is 7.11 Å². The second kappa shape index (κ2) is 3.13. The Balaban J connectivity index is 3.39. The molecule has 0 aliphatic heterocycles. The predicted molar refractivity (Wildman–Crippen MR) is 47.2 cm³/mol. The molecule has 1 nitrogen and oxygen atoms in total. The van der Waals surface area contributed by atoms with Gasteiger partial charge in [-0.25, -0.2) is 4.39 Å². The van der Waals surface area contributed by atoms with Crippen LogP contribution in [0, 0.1) is 26.6 Å². The highest BCUT2D eigenvalue weighted by atomic mass is 19.1. The number of aryl methyl sites for hydroxylation is 1. The molecule has 0 radical (unpaired) electrons. The van der Waals surface area contributed by atoms with Crippen molar-refractivity contribution >= 4 is 0 Å². The summed E-state index contributed by atoms with van der Waals surface area (Å²) in [6.07, 6.45) is 0. The van der Waals surface area contributed by atoms with Crippen molar-refractivity contribution in [1.29, 1.82) is 0 Å². The minimum absolute atomic E-state index is 0.249. The fourth-order valence-corrected chi connectivity index (χ4v) is 1.16. The lowest BCUT2D eigenvalue weighted by Crippen LogP contribution is -1.96. The first-order valence-corrected chi connectivity index (χ1v) is 3.88. The number of rotatable bonds is 1. The van der Waals surface area contributed by atoms with Gasteiger partial charge in [-0.2, -0.15) is 0 Å². The molecule has 0 saturated carbocycles. The fourth-order valence-electron chi connectivity index (χ4n) is 1.16. The zero-order valence-electron chi connectivity index (χ0n) is 7.86. The fraction of sp³-hybridized carbons (Fsp3) is 0.400. The monoisotopic (exact) mass is 168 g/mol. The summed E-state index contributed by atoms with van der Waals surface area (Å²) >= 11 is 0. The molecule has 0 N–H and O–H groups in total. The summed E-state index contributed by atoms with van der Waals surface area (Å²) in [7, 11) is 1.48. The lowest BCUT2D eigenvalue weighted by molar-refractivity contribution is 0.384. The largest absolute Gasteiger partial charge is 0.494 e. The zero-order valence-corrected chi connectivity index (χ0v) is 7.86. The summed E-state index contributed by atoms with van der Waals surface area (Å²) in [6.45, 7) is 5.62. The van der Waals surface area contributed by atoms with Crippen molar-refractivity contribution in [2.24, 2.45) is 0 Å². The van der Waals surface area contributed by atoms with Gasteiger partial charge >= 0.3 is 0 Å². The number of methoxy groups -OCH3 is 1. The minimum atomic E-state index is -0.249. The standard InChI is InChI=1S/C10H13FO/c1-6-5-9(12-4)10(11)8(3)7(6)2/h5H,1-4H3. The highest BCUT2D eigenvalue weighted by Gasteiger charge is 2.09. The molecule has 1 rings (SSSR count). The molecular formula is C10H13FO. The van der Waals surface area contributed by atoms with Crippen LogP contribution >= 0.6 is 0 Å². The van der Waals surface area contributed by atoms with Gasteiger partial charge in [0, 0.05) is 0 Å². The van der Waals surface area contributed by atoms with Crippen LogP contribution in [0.1, 0.15) is 16.7 Å².